The summed E-state index contributed by atoms with van der Waals surface area (Å²) in [5.74, 6) is 3.37. The second-order valence-corrected chi connectivity index (χ2v) is 4.81. The molecule has 0 unspecified atom stereocenters. The van der Waals surface area contributed by atoms with E-state index < -0.39 is 0 Å². The minimum Gasteiger partial charge on any atom is -0.300 e. The van der Waals surface area contributed by atoms with Crippen LogP contribution in [0.1, 0.15) is 34.1 Å². The van der Waals surface area contributed by atoms with E-state index in [-0.39, 0.29) is 5.78 Å². The Labute approximate surface area is 110 Å². The van der Waals surface area contributed by atoms with E-state index >= 15 is 0 Å². The summed E-state index contributed by atoms with van der Waals surface area (Å²) in [4.78, 5) is 20.0. The third kappa shape index (κ3) is 49.0. The fraction of sp³-hybridized carbons (Fsp3) is 0.667. The highest BCUT2D eigenvalue weighted by molar-refractivity contribution is 7.99. The monoisotopic (exact) mass is 264 g/mol. The van der Waals surface area contributed by atoms with E-state index in [1.54, 1.807) is 6.92 Å². The van der Waals surface area contributed by atoms with Gasteiger partial charge in [0.15, 0.2) is 5.78 Å². The first-order chi connectivity index (χ1) is 7.45. The van der Waals surface area contributed by atoms with E-state index in [0.29, 0.717) is 5.78 Å². The zero-order valence-corrected chi connectivity index (χ0v) is 12.5. The van der Waals surface area contributed by atoms with Gasteiger partial charge < -0.3 is 0 Å². The Bertz CT molecular complexity index is 180. The fourth-order valence-corrected chi connectivity index (χ4v) is 1.08. The fourth-order valence-electron chi connectivity index (χ4n) is 0.360. The number of thioether (sulfide) groups is 1. The predicted molar refractivity (Wildman–Crippen MR) is 78.7 cm³/mol. The van der Waals surface area contributed by atoms with Crippen LogP contribution >= 0.6 is 24.4 Å². The summed E-state index contributed by atoms with van der Waals surface area (Å²) in [5, 5.41) is 0. The van der Waals surface area contributed by atoms with Crippen molar-refractivity contribution in [1.82, 2.24) is 0 Å². The van der Waals surface area contributed by atoms with Crippen molar-refractivity contribution in [1.29, 1.82) is 0 Å². The van der Waals surface area contributed by atoms with E-state index in [0.717, 1.165) is 23.7 Å². The maximum absolute atomic E-state index is 10.3. The van der Waals surface area contributed by atoms with Crippen LogP contribution in [-0.2, 0) is 9.59 Å². The Morgan fingerprint density at radius 1 is 1.31 bits per heavy atom. The Morgan fingerprint density at radius 2 is 1.69 bits per heavy atom. The van der Waals surface area contributed by atoms with E-state index in [1.165, 1.54) is 13.0 Å². The smallest absolute Gasteiger partial charge is 0.152 e. The summed E-state index contributed by atoms with van der Waals surface area (Å²) in [7, 11) is 0. The second-order valence-electron chi connectivity index (χ2n) is 2.78. The third-order valence-corrected chi connectivity index (χ3v) is 1.99. The molecule has 0 saturated heterocycles. The molecule has 0 aliphatic carbocycles. The van der Waals surface area contributed by atoms with Crippen LogP contribution < -0.4 is 0 Å². The summed E-state index contributed by atoms with van der Waals surface area (Å²) in [6.45, 7) is 10.4. The van der Waals surface area contributed by atoms with Gasteiger partial charge in [0.25, 0.3) is 0 Å². The van der Waals surface area contributed by atoms with Crippen molar-refractivity contribution in [2.45, 2.75) is 34.1 Å². The Morgan fingerprint density at radius 3 is 1.88 bits per heavy atom. The number of thiol groups is 1. The Hall–Kier alpha value is -0.220. The molecule has 2 nitrogen and oxygen atoms in total. The molecule has 0 aromatic carbocycles. The van der Waals surface area contributed by atoms with Crippen molar-refractivity contribution in [3.05, 3.63) is 12.7 Å². The van der Waals surface area contributed by atoms with Crippen LogP contribution in [0, 0.1) is 0 Å². The number of hydrogen-bond donors (Lipinski definition) is 1. The van der Waals surface area contributed by atoms with E-state index in [9.17, 15) is 9.59 Å². The molecule has 16 heavy (non-hydrogen) atoms. The number of carbonyl (C=O) groups is 2. The van der Waals surface area contributed by atoms with Crippen molar-refractivity contribution < 1.29 is 9.59 Å². The maximum Gasteiger partial charge on any atom is 0.152 e. The maximum atomic E-state index is 10.3. The van der Waals surface area contributed by atoms with E-state index in [1.807, 2.05) is 18.7 Å². The molecule has 0 aromatic rings. The van der Waals surface area contributed by atoms with Crippen LogP contribution in [0.4, 0.5) is 0 Å². The molecule has 96 valence electrons. The standard InChI is InChI=1S/C6H12OS.C4H6O.C2H6S/c1-3-8-5-4-6(2)7;1-3-4(2)5;1-2-3/h3-5H2,1-2H3;3H,1H2,2H3;3H,2H2,1H3. The van der Waals surface area contributed by atoms with Crippen LogP contribution in [0.25, 0.3) is 0 Å². The minimum atomic E-state index is 0.0185. The van der Waals surface area contributed by atoms with Crippen LogP contribution in [0.3, 0.4) is 0 Å². The van der Waals surface area contributed by atoms with Gasteiger partial charge in [-0.15, -0.1) is 0 Å². The normalized spacial score (nSPS) is 7.81. The minimum absolute atomic E-state index is 0.0185. The van der Waals surface area contributed by atoms with Crippen LogP contribution in [0.15, 0.2) is 12.7 Å². The predicted octanol–water partition coefficient (Wildman–Crippen LogP) is 3.42. The summed E-state index contributed by atoms with van der Waals surface area (Å²) < 4.78 is 0. The zero-order valence-electron chi connectivity index (χ0n) is 10.8. The van der Waals surface area contributed by atoms with Gasteiger partial charge in [-0.2, -0.15) is 24.4 Å². The highest BCUT2D eigenvalue weighted by atomic mass is 32.2. The molecule has 0 radical (unpaired) electrons. The number of ketones is 2. The Kier molecular flexibility index (Phi) is 26.7. The molecular weight excluding hydrogens is 240 g/mol. The first kappa shape index (κ1) is 21.1. The van der Waals surface area contributed by atoms with Gasteiger partial charge in [0.1, 0.15) is 5.78 Å². The molecule has 0 N–H and O–H groups in total. The molecule has 0 spiro atoms. The molecule has 0 saturated carbocycles. The number of Topliss-reactive ketones (excluding diaryl/α,β-unsaturated/α-hetero) is 1. The van der Waals surface area contributed by atoms with E-state index in [4.69, 9.17) is 0 Å². The molecule has 0 heterocycles. The molecular formula is C12H24O2S2. The lowest BCUT2D eigenvalue weighted by molar-refractivity contribution is -0.116. The average molecular weight is 264 g/mol. The van der Waals surface area contributed by atoms with Crippen molar-refractivity contribution in [2.75, 3.05) is 17.3 Å². The first-order valence-electron chi connectivity index (χ1n) is 5.27. The van der Waals surface area contributed by atoms with Gasteiger partial charge >= 0.3 is 0 Å². The molecule has 0 aliphatic rings. The third-order valence-electron chi connectivity index (χ3n) is 1.09. The molecule has 4 heteroatoms. The Balaban J connectivity index is -0.000000181. The van der Waals surface area contributed by atoms with Gasteiger partial charge in [-0.3, -0.25) is 9.59 Å². The van der Waals surface area contributed by atoms with E-state index in [2.05, 4.69) is 26.1 Å². The molecule has 0 amide bonds. The SMILES string of the molecule is C=CC(C)=O.CCS.CCSCCC(C)=O. The topological polar surface area (TPSA) is 34.1 Å². The summed E-state index contributed by atoms with van der Waals surface area (Å²) >= 11 is 5.60. The summed E-state index contributed by atoms with van der Waals surface area (Å²) in [6, 6.07) is 0. The van der Waals surface area contributed by atoms with Gasteiger partial charge in [-0.1, -0.05) is 20.4 Å². The number of rotatable bonds is 5. The second kappa shape index (κ2) is 20.2. The lowest BCUT2D eigenvalue weighted by atomic mass is 10.4. The number of hydrogen-bond acceptors (Lipinski definition) is 4. The lowest BCUT2D eigenvalue weighted by Crippen LogP contribution is -1.91. The van der Waals surface area contributed by atoms with Crippen molar-refractivity contribution in [2.24, 2.45) is 0 Å². The van der Waals surface area contributed by atoms with Crippen LogP contribution in [-0.4, -0.2) is 28.8 Å². The highest BCUT2D eigenvalue weighted by Crippen LogP contribution is 2.00. The molecule has 0 bridgehead atoms. The van der Waals surface area contributed by atoms with Gasteiger partial charge in [0, 0.05) is 12.2 Å². The first-order valence-corrected chi connectivity index (χ1v) is 7.05. The van der Waals surface area contributed by atoms with Crippen molar-refractivity contribution >= 4 is 36.0 Å². The van der Waals surface area contributed by atoms with Crippen LogP contribution in [0.5, 0.6) is 0 Å². The van der Waals surface area contributed by atoms with Crippen molar-refractivity contribution in [3.8, 4) is 0 Å². The van der Waals surface area contributed by atoms with Gasteiger partial charge in [0.05, 0.1) is 0 Å². The lowest BCUT2D eigenvalue weighted by Gasteiger charge is -1.91. The van der Waals surface area contributed by atoms with Gasteiger partial charge in [0.2, 0.25) is 0 Å². The zero-order chi connectivity index (χ0) is 13.4. The molecule has 0 aliphatic heterocycles. The highest BCUT2D eigenvalue weighted by Gasteiger charge is 1.89. The van der Waals surface area contributed by atoms with Gasteiger partial charge in [-0.05, 0) is 31.4 Å². The van der Waals surface area contributed by atoms with Crippen molar-refractivity contribution in [3.63, 3.8) is 0 Å². The molecule has 0 rings (SSSR count). The summed E-state index contributed by atoms with van der Waals surface area (Å²) in [6.07, 6.45) is 2.01. The molecule has 0 atom stereocenters. The number of allylic oxidation sites excluding steroid dienone is 1. The average Bonchev–Trinajstić information content (AvgIpc) is 2.20. The summed E-state index contributed by atoms with van der Waals surface area (Å²) in [5.41, 5.74) is 0. The molecule has 0 aromatic heterocycles. The quantitative estimate of drug-likeness (QED) is 0.469. The van der Waals surface area contributed by atoms with Crippen LogP contribution in [0.2, 0.25) is 0 Å². The largest absolute Gasteiger partial charge is 0.300 e. The number of carbonyl (C=O) groups excluding carboxylic acids is 2. The van der Waals surface area contributed by atoms with Gasteiger partial charge in [-0.25, -0.2) is 0 Å². The molecule has 0 fully saturated rings.